The summed E-state index contributed by atoms with van der Waals surface area (Å²) in [6.07, 6.45) is 1.72. The fraction of sp³-hybridized carbons (Fsp3) is 0.636. The topological polar surface area (TPSA) is 64.2 Å². The van der Waals surface area contributed by atoms with Crippen molar-refractivity contribution in [2.45, 2.75) is 27.3 Å². The van der Waals surface area contributed by atoms with Crippen LogP contribution in [0.3, 0.4) is 0 Å². The van der Waals surface area contributed by atoms with E-state index in [2.05, 4.69) is 18.9 Å². The van der Waals surface area contributed by atoms with Crippen LogP contribution in [0.25, 0.3) is 0 Å². The molecule has 5 heteroatoms. The number of hydrogen-bond donors (Lipinski definition) is 1. The van der Waals surface area contributed by atoms with Gasteiger partial charge in [0.2, 0.25) is 5.91 Å². The molecule has 0 fully saturated rings. The van der Waals surface area contributed by atoms with Crippen LogP contribution in [0, 0.1) is 5.92 Å². The quantitative estimate of drug-likeness (QED) is 0.810. The molecule has 1 rings (SSSR count). The third-order valence-electron chi connectivity index (χ3n) is 2.28. The Morgan fingerprint density at radius 1 is 1.62 bits per heavy atom. The van der Waals surface area contributed by atoms with Crippen LogP contribution in [0.5, 0.6) is 0 Å². The number of nitrogen functional groups attached to an aromatic ring is 1. The Morgan fingerprint density at radius 3 is 2.75 bits per heavy atom. The van der Waals surface area contributed by atoms with Crippen LogP contribution in [0.15, 0.2) is 12.3 Å². The first-order chi connectivity index (χ1) is 7.52. The minimum absolute atomic E-state index is 0.0827. The second-order valence-corrected chi connectivity index (χ2v) is 4.26. The molecule has 1 amide bonds. The Kier molecular flexibility index (Phi) is 4.34. The lowest BCUT2D eigenvalue weighted by Gasteiger charge is -2.22. The van der Waals surface area contributed by atoms with E-state index in [0.29, 0.717) is 11.7 Å². The molecule has 0 aliphatic heterocycles. The van der Waals surface area contributed by atoms with Crippen molar-refractivity contribution in [2.24, 2.45) is 5.92 Å². The van der Waals surface area contributed by atoms with Crippen LogP contribution >= 0.6 is 0 Å². The molecule has 0 saturated carbocycles. The SMILES string of the molecule is CCN(CC(C)C)C(=O)Cn1ccc(N)n1. The van der Waals surface area contributed by atoms with Crippen molar-refractivity contribution in [3.63, 3.8) is 0 Å². The minimum Gasteiger partial charge on any atom is -0.382 e. The molecule has 2 N–H and O–H groups in total. The maximum Gasteiger partial charge on any atom is 0.244 e. The van der Waals surface area contributed by atoms with Gasteiger partial charge in [0, 0.05) is 19.3 Å². The Labute approximate surface area is 96.2 Å². The van der Waals surface area contributed by atoms with Crippen molar-refractivity contribution < 1.29 is 4.79 Å². The molecule has 0 spiro atoms. The molecule has 90 valence electrons. The summed E-state index contributed by atoms with van der Waals surface area (Å²) in [5.74, 6) is 1.01. The predicted molar refractivity (Wildman–Crippen MR) is 63.7 cm³/mol. The van der Waals surface area contributed by atoms with Crippen molar-refractivity contribution in [3.05, 3.63) is 12.3 Å². The molecule has 1 aromatic rings. The van der Waals surface area contributed by atoms with Gasteiger partial charge >= 0.3 is 0 Å². The summed E-state index contributed by atoms with van der Waals surface area (Å²) >= 11 is 0. The summed E-state index contributed by atoms with van der Waals surface area (Å²) in [5, 5.41) is 3.99. The van der Waals surface area contributed by atoms with E-state index in [1.165, 1.54) is 0 Å². The highest BCUT2D eigenvalue weighted by Gasteiger charge is 2.13. The van der Waals surface area contributed by atoms with E-state index < -0.39 is 0 Å². The number of carbonyl (C=O) groups excluding carboxylic acids is 1. The number of hydrogen-bond acceptors (Lipinski definition) is 3. The van der Waals surface area contributed by atoms with Crippen molar-refractivity contribution in [3.8, 4) is 0 Å². The molecule has 0 atom stereocenters. The Balaban J connectivity index is 2.55. The van der Waals surface area contributed by atoms with Crippen LogP contribution in [0.2, 0.25) is 0 Å². The van der Waals surface area contributed by atoms with E-state index in [1.807, 2.05) is 11.8 Å². The van der Waals surface area contributed by atoms with E-state index in [1.54, 1.807) is 16.9 Å². The summed E-state index contributed by atoms with van der Waals surface area (Å²) in [6.45, 7) is 7.96. The summed E-state index contributed by atoms with van der Waals surface area (Å²) in [4.78, 5) is 13.7. The standard InChI is InChI=1S/C11H20N4O/c1-4-14(7-9(2)3)11(16)8-15-6-5-10(12)13-15/h5-6,9H,4,7-8H2,1-3H3,(H2,12,13). The largest absolute Gasteiger partial charge is 0.382 e. The summed E-state index contributed by atoms with van der Waals surface area (Å²) < 4.78 is 1.57. The lowest BCUT2D eigenvalue weighted by Crippen LogP contribution is -2.36. The summed E-state index contributed by atoms with van der Waals surface area (Å²) in [7, 11) is 0. The summed E-state index contributed by atoms with van der Waals surface area (Å²) in [5.41, 5.74) is 5.49. The van der Waals surface area contributed by atoms with Gasteiger partial charge in [-0.2, -0.15) is 5.10 Å². The Bertz CT molecular complexity index is 346. The zero-order valence-electron chi connectivity index (χ0n) is 10.2. The first kappa shape index (κ1) is 12.5. The lowest BCUT2D eigenvalue weighted by atomic mass is 10.2. The van der Waals surface area contributed by atoms with Crippen molar-refractivity contribution in [2.75, 3.05) is 18.8 Å². The molecular weight excluding hydrogens is 204 g/mol. The van der Waals surface area contributed by atoms with Gasteiger partial charge in [-0.1, -0.05) is 13.8 Å². The second-order valence-electron chi connectivity index (χ2n) is 4.26. The third kappa shape index (κ3) is 3.56. The van der Waals surface area contributed by atoms with Crippen LogP contribution in [-0.2, 0) is 11.3 Å². The normalized spacial score (nSPS) is 10.8. The number of anilines is 1. The number of nitrogens with two attached hydrogens (primary N) is 1. The minimum atomic E-state index is 0.0827. The number of amides is 1. The first-order valence-corrected chi connectivity index (χ1v) is 5.59. The van der Waals surface area contributed by atoms with E-state index in [9.17, 15) is 4.79 Å². The number of carbonyl (C=O) groups is 1. The Hall–Kier alpha value is -1.52. The van der Waals surface area contributed by atoms with Crippen molar-refractivity contribution in [1.29, 1.82) is 0 Å². The molecule has 1 aromatic heterocycles. The molecular formula is C11H20N4O. The summed E-state index contributed by atoms with van der Waals surface area (Å²) in [6, 6.07) is 1.69. The van der Waals surface area contributed by atoms with Gasteiger partial charge in [-0.25, -0.2) is 0 Å². The highest BCUT2D eigenvalue weighted by Crippen LogP contribution is 2.02. The van der Waals surface area contributed by atoms with Crippen molar-refractivity contribution in [1.82, 2.24) is 14.7 Å². The molecule has 0 unspecified atom stereocenters. The van der Waals surface area contributed by atoms with E-state index >= 15 is 0 Å². The average molecular weight is 224 g/mol. The van der Waals surface area contributed by atoms with Gasteiger partial charge in [-0.15, -0.1) is 0 Å². The molecule has 0 aliphatic carbocycles. The van der Waals surface area contributed by atoms with Gasteiger partial charge in [-0.05, 0) is 18.9 Å². The number of aromatic nitrogens is 2. The van der Waals surface area contributed by atoms with E-state index in [-0.39, 0.29) is 12.5 Å². The zero-order valence-corrected chi connectivity index (χ0v) is 10.2. The van der Waals surface area contributed by atoms with Gasteiger partial charge in [-0.3, -0.25) is 9.48 Å². The highest BCUT2D eigenvalue weighted by molar-refractivity contribution is 5.75. The molecule has 16 heavy (non-hydrogen) atoms. The first-order valence-electron chi connectivity index (χ1n) is 5.59. The molecule has 0 aromatic carbocycles. The van der Waals surface area contributed by atoms with Crippen LogP contribution in [0.4, 0.5) is 5.82 Å². The molecule has 0 saturated heterocycles. The average Bonchev–Trinajstić information content (AvgIpc) is 2.60. The highest BCUT2D eigenvalue weighted by atomic mass is 16.2. The maximum atomic E-state index is 11.9. The number of likely N-dealkylation sites (N-methyl/N-ethyl adjacent to an activating group) is 1. The van der Waals surface area contributed by atoms with Crippen LogP contribution in [-0.4, -0.2) is 33.7 Å². The number of nitrogens with zero attached hydrogens (tertiary/aromatic N) is 3. The van der Waals surface area contributed by atoms with Crippen molar-refractivity contribution >= 4 is 11.7 Å². The smallest absolute Gasteiger partial charge is 0.244 e. The lowest BCUT2D eigenvalue weighted by molar-refractivity contribution is -0.132. The molecule has 1 heterocycles. The molecule has 0 aliphatic rings. The van der Waals surface area contributed by atoms with Gasteiger partial charge in [0.1, 0.15) is 12.4 Å². The van der Waals surface area contributed by atoms with Gasteiger partial charge in [0.25, 0.3) is 0 Å². The predicted octanol–water partition coefficient (Wildman–Crippen LogP) is 0.970. The van der Waals surface area contributed by atoms with Gasteiger partial charge in [0.05, 0.1) is 0 Å². The monoisotopic (exact) mass is 224 g/mol. The fourth-order valence-electron chi connectivity index (χ4n) is 1.55. The van der Waals surface area contributed by atoms with Crippen LogP contribution < -0.4 is 5.73 Å². The van der Waals surface area contributed by atoms with Gasteiger partial charge in [0.15, 0.2) is 0 Å². The van der Waals surface area contributed by atoms with Crippen LogP contribution in [0.1, 0.15) is 20.8 Å². The van der Waals surface area contributed by atoms with E-state index in [4.69, 9.17) is 5.73 Å². The number of rotatable bonds is 5. The van der Waals surface area contributed by atoms with Gasteiger partial charge < -0.3 is 10.6 Å². The fourth-order valence-corrected chi connectivity index (χ4v) is 1.55. The maximum absolute atomic E-state index is 11.9. The zero-order chi connectivity index (χ0) is 12.1. The Morgan fingerprint density at radius 2 is 2.31 bits per heavy atom. The molecule has 0 bridgehead atoms. The second kappa shape index (κ2) is 5.53. The van der Waals surface area contributed by atoms with E-state index in [0.717, 1.165) is 13.1 Å². The molecule has 0 radical (unpaired) electrons. The third-order valence-corrected chi connectivity index (χ3v) is 2.28. The molecule has 5 nitrogen and oxygen atoms in total.